The molecule has 1 saturated heterocycles. The molecule has 0 saturated carbocycles. The Morgan fingerprint density at radius 1 is 1.33 bits per heavy atom. The molecule has 3 rings (SSSR count). The molecule has 116 valence electrons. The minimum absolute atomic E-state index is 0.315. The zero-order chi connectivity index (χ0) is 14.7. The Morgan fingerprint density at radius 2 is 2.14 bits per heavy atom. The van der Waals surface area contributed by atoms with Gasteiger partial charge in [0, 0.05) is 23.5 Å². The van der Waals surface area contributed by atoms with Crippen LogP contribution in [-0.2, 0) is 6.42 Å². The predicted octanol–water partition coefficient (Wildman–Crippen LogP) is 3.22. The smallest absolute Gasteiger partial charge is 0.123 e. The number of fused-ring (bicyclic) bond motifs is 1. The van der Waals surface area contributed by atoms with E-state index < -0.39 is 0 Å². The van der Waals surface area contributed by atoms with Crippen LogP contribution in [0.1, 0.15) is 31.7 Å². The van der Waals surface area contributed by atoms with Crippen molar-refractivity contribution < 1.29 is 4.74 Å². The number of nitrogens with zero attached hydrogens (tertiary/aromatic N) is 1. The van der Waals surface area contributed by atoms with E-state index in [-0.39, 0.29) is 0 Å². The van der Waals surface area contributed by atoms with Gasteiger partial charge in [0.15, 0.2) is 0 Å². The van der Waals surface area contributed by atoms with Crippen molar-refractivity contribution in [1.82, 2.24) is 10.2 Å². The highest BCUT2D eigenvalue weighted by Crippen LogP contribution is 2.32. The fourth-order valence-electron chi connectivity index (χ4n) is 3.53. The standard InChI is InChI=1S/C17H25BrN2O/c1-2-9-20(15-5-7-19-8-6-15)12-16-11-13-10-14(18)3-4-17(13)21-16/h3-4,10,15-16,19H,2,5-9,11-12H2,1H3. The molecule has 4 heteroatoms. The van der Waals surface area contributed by atoms with Gasteiger partial charge in [0.05, 0.1) is 0 Å². The molecule has 1 aromatic carbocycles. The fraction of sp³-hybridized carbons (Fsp3) is 0.647. The second kappa shape index (κ2) is 7.12. The van der Waals surface area contributed by atoms with Crippen molar-refractivity contribution in [3.8, 4) is 5.75 Å². The van der Waals surface area contributed by atoms with Crippen LogP contribution in [0.5, 0.6) is 5.75 Å². The highest BCUT2D eigenvalue weighted by atomic mass is 79.9. The summed E-state index contributed by atoms with van der Waals surface area (Å²) < 4.78 is 7.30. The van der Waals surface area contributed by atoms with Crippen molar-refractivity contribution in [3.63, 3.8) is 0 Å². The van der Waals surface area contributed by atoms with Crippen molar-refractivity contribution in [2.45, 2.75) is 44.8 Å². The van der Waals surface area contributed by atoms with Gasteiger partial charge in [0.2, 0.25) is 0 Å². The molecule has 1 unspecified atom stereocenters. The molecule has 1 fully saturated rings. The van der Waals surface area contributed by atoms with E-state index in [1.807, 2.05) is 0 Å². The third-order valence-corrected chi connectivity index (χ3v) is 5.03. The van der Waals surface area contributed by atoms with Crippen LogP contribution >= 0.6 is 15.9 Å². The van der Waals surface area contributed by atoms with E-state index in [4.69, 9.17) is 4.74 Å². The van der Waals surface area contributed by atoms with Crippen LogP contribution in [0.4, 0.5) is 0 Å². The van der Waals surface area contributed by atoms with E-state index in [1.54, 1.807) is 0 Å². The maximum atomic E-state index is 6.15. The first-order valence-corrected chi connectivity index (χ1v) is 8.95. The van der Waals surface area contributed by atoms with E-state index in [1.165, 1.54) is 31.4 Å². The average molecular weight is 353 g/mol. The topological polar surface area (TPSA) is 24.5 Å². The molecule has 2 aliphatic rings. The third kappa shape index (κ3) is 3.79. The van der Waals surface area contributed by atoms with Gasteiger partial charge < -0.3 is 10.1 Å². The van der Waals surface area contributed by atoms with Crippen LogP contribution < -0.4 is 10.1 Å². The highest BCUT2D eigenvalue weighted by molar-refractivity contribution is 9.10. The van der Waals surface area contributed by atoms with Crippen molar-refractivity contribution in [3.05, 3.63) is 28.2 Å². The minimum atomic E-state index is 0.315. The SMILES string of the molecule is CCCN(CC1Cc2cc(Br)ccc2O1)C1CCNCC1. The molecule has 2 heterocycles. The lowest BCUT2D eigenvalue weighted by Gasteiger charge is -2.35. The third-order valence-electron chi connectivity index (χ3n) is 4.54. The Bertz CT molecular complexity index is 474. The molecular formula is C17H25BrN2O. The van der Waals surface area contributed by atoms with Gasteiger partial charge in [-0.1, -0.05) is 22.9 Å². The number of ether oxygens (including phenoxy) is 1. The van der Waals surface area contributed by atoms with Crippen LogP contribution in [0.2, 0.25) is 0 Å². The molecule has 21 heavy (non-hydrogen) atoms. The summed E-state index contributed by atoms with van der Waals surface area (Å²) in [5, 5.41) is 3.46. The summed E-state index contributed by atoms with van der Waals surface area (Å²) in [6, 6.07) is 7.08. The molecule has 3 nitrogen and oxygen atoms in total. The lowest BCUT2D eigenvalue weighted by atomic mass is 10.0. The van der Waals surface area contributed by atoms with Gasteiger partial charge in [-0.15, -0.1) is 0 Å². The number of benzene rings is 1. The molecule has 0 spiro atoms. The van der Waals surface area contributed by atoms with Crippen LogP contribution in [0.25, 0.3) is 0 Å². The summed E-state index contributed by atoms with van der Waals surface area (Å²) in [6.45, 7) is 6.83. The Labute approximate surface area is 136 Å². The Kier molecular flexibility index (Phi) is 5.19. The Hall–Kier alpha value is -0.580. The van der Waals surface area contributed by atoms with Gasteiger partial charge in [-0.05, 0) is 62.7 Å². The van der Waals surface area contributed by atoms with E-state index in [0.29, 0.717) is 6.10 Å². The van der Waals surface area contributed by atoms with Gasteiger partial charge >= 0.3 is 0 Å². The molecule has 1 atom stereocenters. The maximum Gasteiger partial charge on any atom is 0.123 e. The van der Waals surface area contributed by atoms with Gasteiger partial charge in [0.25, 0.3) is 0 Å². The normalized spacial score (nSPS) is 22.3. The second-order valence-corrected chi connectivity index (χ2v) is 7.09. The van der Waals surface area contributed by atoms with Gasteiger partial charge in [-0.25, -0.2) is 0 Å². The first-order chi connectivity index (χ1) is 10.3. The zero-order valence-corrected chi connectivity index (χ0v) is 14.4. The van der Waals surface area contributed by atoms with Crippen LogP contribution in [0.15, 0.2) is 22.7 Å². The summed E-state index contributed by atoms with van der Waals surface area (Å²) in [7, 11) is 0. The van der Waals surface area contributed by atoms with E-state index >= 15 is 0 Å². The van der Waals surface area contributed by atoms with Crippen LogP contribution in [0.3, 0.4) is 0 Å². The van der Waals surface area contributed by atoms with Crippen molar-refractivity contribution in [1.29, 1.82) is 0 Å². The van der Waals surface area contributed by atoms with Crippen molar-refractivity contribution in [2.24, 2.45) is 0 Å². The Balaban J connectivity index is 1.61. The number of hydrogen-bond acceptors (Lipinski definition) is 3. The maximum absolute atomic E-state index is 6.15. The van der Waals surface area contributed by atoms with Crippen LogP contribution in [0, 0.1) is 0 Å². The lowest BCUT2D eigenvalue weighted by Crippen LogP contribution is -2.47. The largest absolute Gasteiger partial charge is 0.488 e. The summed E-state index contributed by atoms with van der Waals surface area (Å²) in [5.41, 5.74) is 1.34. The molecule has 0 aromatic heterocycles. The highest BCUT2D eigenvalue weighted by Gasteiger charge is 2.28. The number of piperidine rings is 1. The monoisotopic (exact) mass is 352 g/mol. The van der Waals surface area contributed by atoms with E-state index in [2.05, 4.69) is 51.3 Å². The molecule has 0 amide bonds. The molecular weight excluding hydrogens is 328 g/mol. The van der Waals surface area contributed by atoms with Crippen molar-refractivity contribution >= 4 is 15.9 Å². The second-order valence-electron chi connectivity index (χ2n) is 6.17. The number of rotatable bonds is 5. The van der Waals surface area contributed by atoms with Gasteiger partial charge in [0.1, 0.15) is 11.9 Å². The van der Waals surface area contributed by atoms with Gasteiger partial charge in [-0.2, -0.15) is 0 Å². The fourth-order valence-corrected chi connectivity index (χ4v) is 3.94. The summed E-state index contributed by atoms with van der Waals surface area (Å²) in [5.74, 6) is 1.07. The number of hydrogen-bond donors (Lipinski definition) is 1. The first kappa shape index (κ1) is 15.3. The van der Waals surface area contributed by atoms with Crippen molar-refractivity contribution in [2.75, 3.05) is 26.2 Å². The molecule has 0 bridgehead atoms. The Morgan fingerprint density at radius 3 is 2.90 bits per heavy atom. The molecule has 2 aliphatic heterocycles. The van der Waals surface area contributed by atoms with Gasteiger partial charge in [-0.3, -0.25) is 4.90 Å². The van der Waals surface area contributed by atoms with E-state index in [0.717, 1.165) is 42.3 Å². The quantitative estimate of drug-likeness (QED) is 0.880. The minimum Gasteiger partial charge on any atom is -0.488 e. The lowest BCUT2D eigenvalue weighted by molar-refractivity contribution is 0.0999. The average Bonchev–Trinajstić information content (AvgIpc) is 2.89. The number of nitrogens with one attached hydrogen (secondary N) is 1. The van der Waals surface area contributed by atoms with E-state index in [9.17, 15) is 0 Å². The zero-order valence-electron chi connectivity index (χ0n) is 12.8. The number of halogens is 1. The molecule has 1 aromatic rings. The predicted molar refractivity (Wildman–Crippen MR) is 90.0 cm³/mol. The molecule has 0 aliphatic carbocycles. The first-order valence-electron chi connectivity index (χ1n) is 8.16. The molecule has 1 N–H and O–H groups in total. The summed E-state index contributed by atoms with van der Waals surface area (Å²) in [4.78, 5) is 2.66. The summed E-state index contributed by atoms with van der Waals surface area (Å²) >= 11 is 3.55. The molecule has 0 radical (unpaired) electrons. The van der Waals surface area contributed by atoms with Crippen LogP contribution in [-0.4, -0.2) is 43.2 Å². The summed E-state index contributed by atoms with van der Waals surface area (Å²) in [6.07, 6.45) is 5.11.